The van der Waals surface area contributed by atoms with E-state index in [1.165, 1.54) is 4.88 Å². The van der Waals surface area contributed by atoms with Crippen molar-refractivity contribution < 1.29 is 5.11 Å². The maximum absolute atomic E-state index is 9.60. The predicted octanol–water partition coefficient (Wildman–Crippen LogP) is 4.76. The molecule has 0 spiro atoms. The zero-order valence-electron chi connectivity index (χ0n) is 11.3. The van der Waals surface area contributed by atoms with E-state index in [1.54, 1.807) is 18.3 Å². The van der Waals surface area contributed by atoms with E-state index in [9.17, 15) is 5.11 Å². The largest absolute Gasteiger partial charge is 0.389 e. The van der Waals surface area contributed by atoms with Crippen LogP contribution >= 0.6 is 27.3 Å². The van der Waals surface area contributed by atoms with E-state index in [2.05, 4.69) is 58.4 Å². The number of anilines is 1. The van der Waals surface area contributed by atoms with Crippen LogP contribution in [-0.4, -0.2) is 12.2 Å². The van der Waals surface area contributed by atoms with Crippen molar-refractivity contribution in [1.29, 1.82) is 0 Å². The van der Waals surface area contributed by atoms with Gasteiger partial charge in [0.1, 0.15) is 0 Å². The second kappa shape index (κ2) is 6.07. The van der Waals surface area contributed by atoms with Crippen LogP contribution in [0.4, 0.5) is 5.69 Å². The first-order valence-electron chi connectivity index (χ1n) is 6.24. The number of nitrogens with zero attached hydrogens (tertiary/aromatic N) is 1. The molecule has 0 radical (unpaired) electrons. The molecule has 2 rings (SSSR count). The first-order valence-corrected chi connectivity index (χ1v) is 7.91. The van der Waals surface area contributed by atoms with E-state index in [4.69, 9.17) is 0 Å². The third kappa shape index (κ3) is 3.19. The van der Waals surface area contributed by atoms with Crippen LogP contribution in [0, 0.1) is 0 Å². The highest BCUT2D eigenvalue weighted by Crippen LogP contribution is 2.34. The zero-order chi connectivity index (χ0) is 14.0. The van der Waals surface area contributed by atoms with Crippen molar-refractivity contribution in [1.82, 2.24) is 0 Å². The standard InChI is InChI=1S/C15H18BrNOS/c1-10(15-5-4-8-19-15)17(3)14-7-6-12(11(2)18)9-13(14)16/h4-11,18H,1-3H3/t10?,11-/m1/s1. The molecule has 19 heavy (non-hydrogen) atoms. The van der Waals surface area contributed by atoms with Gasteiger partial charge in [-0.3, -0.25) is 0 Å². The van der Waals surface area contributed by atoms with Gasteiger partial charge in [-0.2, -0.15) is 0 Å². The lowest BCUT2D eigenvalue weighted by Gasteiger charge is -2.27. The summed E-state index contributed by atoms with van der Waals surface area (Å²) < 4.78 is 1.01. The molecule has 0 fully saturated rings. The molecule has 0 saturated heterocycles. The highest BCUT2D eigenvalue weighted by molar-refractivity contribution is 9.10. The molecule has 2 aromatic rings. The first kappa shape index (κ1) is 14.6. The molecule has 0 aliphatic heterocycles. The lowest BCUT2D eigenvalue weighted by molar-refractivity contribution is 0.199. The van der Waals surface area contributed by atoms with Crippen LogP contribution < -0.4 is 4.90 Å². The van der Waals surface area contributed by atoms with Crippen molar-refractivity contribution >= 4 is 33.0 Å². The lowest BCUT2D eigenvalue weighted by Crippen LogP contribution is -2.21. The smallest absolute Gasteiger partial charge is 0.0762 e. The third-order valence-electron chi connectivity index (χ3n) is 3.37. The van der Waals surface area contributed by atoms with Crippen molar-refractivity contribution in [2.75, 3.05) is 11.9 Å². The van der Waals surface area contributed by atoms with Crippen LogP contribution in [0.2, 0.25) is 0 Å². The van der Waals surface area contributed by atoms with Crippen molar-refractivity contribution in [2.45, 2.75) is 26.0 Å². The van der Waals surface area contributed by atoms with Crippen LogP contribution in [-0.2, 0) is 0 Å². The first-order chi connectivity index (χ1) is 9.00. The van der Waals surface area contributed by atoms with Gasteiger partial charge in [-0.1, -0.05) is 12.1 Å². The molecule has 0 saturated carbocycles. The van der Waals surface area contributed by atoms with Gasteiger partial charge in [-0.15, -0.1) is 11.3 Å². The van der Waals surface area contributed by atoms with Gasteiger partial charge in [-0.25, -0.2) is 0 Å². The van der Waals surface area contributed by atoms with Gasteiger partial charge in [0, 0.05) is 16.4 Å². The normalized spacial score (nSPS) is 14.2. The molecule has 2 nitrogen and oxygen atoms in total. The van der Waals surface area contributed by atoms with Gasteiger partial charge >= 0.3 is 0 Å². The van der Waals surface area contributed by atoms with Crippen LogP contribution in [0.25, 0.3) is 0 Å². The summed E-state index contributed by atoms with van der Waals surface area (Å²) >= 11 is 5.37. The number of aliphatic hydroxyl groups is 1. The van der Waals surface area contributed by atoms with E-state index >= 15 is 0 Å². The Hall–Kier alpha value is -0.840. The van der Waals surface area contributed by atoms with Gasteiger partial charge in [0.2, 0.25) is 0 Å². The summed E-state index contributed by atoms with van der Waals surface area (Å²) in [7, 11) is 2.09. The number of rotatable bonds is 4. The molecule has 2 atom stereocenters. The Labute approximate surface area is 126 Å². The molecule has 0 aliphatic carbocycles. The number of hydrogen-bond acceptors (Lipinski definition) is 3. The van der Waals surface area contributed by atoms with Crippen LogP contribution in [0.3, 0.4) is 0 Å². The minimum absolute atomic E-state index is 0.327. The predicted molar refractivity (Wildman–Crippen MR) is 85.9 cm³/mol. The van der Waals surface area contributed by atoms with Crippen molar-refractivity contribution in [3.05, 3.63) is 50.6 Å². The summed E-state index contributed by atoms with van der Waals surface area (Å²) in [6.07, 6.45) is -0.439. The number of hydrogen-bond donors (Lipinski definition) is 1. The molecule has 0 amide bonds. The highest BCUT2D eigenvalue weighted by atomic mass is 79.9. The molecular formula is C15H18BrNOS. The summed E-state index contributed by atoms with van der Waals surface area (Å²) in [5, 5.41) is 11.7. The fourth-order valence-corrected chi connectivity index (χ4v) is 3.50. The minimum Gasteiger partial charge on any atom is -0.389 e. The molecule has 0 bridgehead atoms. The van der Waals surface area contributed by atoms with E-state index < -0.39 is 6.10 Å². The Bertz CT molecular complexity index is 539. The summed E-state index contributed by atoms with van der Waals surface area (Å²) in [4.78, 5) is 3.58. The monoisotopic (exact) mass is 339 g/mol. The average Bonchev–Trinajstić information content (AvgIpc) is 2.90. The second-order valence-electron chi connectivity index (χ2n) is 4.69. The third-order valence-corrected chi connectivity index (χ3v) is 5.05. The Morgan fingerprint density at radius 3 is 2.53 bits per heavy atom. The maximum atomic E-state index is 9.60. The zero-order valence-corrected chi connectivity index (χ0v) is 13.7. The molecular weight excluding hydrogens is 322 g/mol. The van der Waals surface area contributed by atoms with Crippen LogP contribution in [0.15, 0.2) is 40.2 Å². The molecule has 1 N–H and O–H groups in total. The van der Waals surface area contributed by atoms with Gasteiger partial charge in [0.15, 0.2) is 0 Å². The highest BCUT2D eigenvalue weighted by Gasteiger charge is 2.16. The summed E-state index contributed by atoms with van der Waals surface area (Å²) in [6.45, 7) is 3.97. The number of aliphatic hydroxyl groups excluding tert-OH is 1. The van der Waals surface area contributed by atoms with Crippen LogP contribution in [0.1, 0.15) is 36.4 Å². The van der Waals surface area contributed by atoms with Crippen molar-refractivity contribution in [2.24, 2.45) is 0 Å². The second-order valence-corrected chi connectivity index (χ2v) is 6.52. The fourth-order valence-electron chi connectivity index (χ4n) is 2.00. The Morgan fingerprint density at radius 1 is 1.26 bits per heavy atom. The van der Waals surface area contributed by atoms with E-state index in [0.717, 1.165) is 15.7 Å². The Balaban J connectivity index is 2.26. The molecule has 1 heterocycles. The SMILES string of the molecule is CC(c1cccs1)N(C)c1ccc([C@@H](C)O)cc1Br. The van der Waals surface area contributed by atoms with E-state index in [-0.39, 0.29) is 0 Å². The van der Waals surface area contributed by atoms with Crippen molar-refractivity contribution in [3.63, 3.8) is 0 Å². The van der Waals surface area contributed by atoms with Crippen molar-refractivity contribution in [3.8, 4) is 0 Å². The van der Waals surface area contributed by atoms with Gasteiger partial charge in [0.25, 0.3) is 0 Å². The topological polar surface area (TPSA) is 23.5 Å². The average molecular weight is 340 g/mol. The van der Waals surface area contributed by atoms with Gasteiger partial charge in [0.05, 0.1) is 17.8 Å². The summed E-state index contributed by atoms with van der Waals surface area (Å²) in [5.41, 5.74) is 2.05. The van der Waals surface area contributed by atoms with Gasteiger partial charge in [-0.05, 0) is 58.9 Å². The Morgan fingerprint density at radius 2 is 2.00 bits per heavy atom. The number of benzene rings is 1. The lowest BCUT2D eigenvalue weighted by atomic mass is 10.1. The molecule has 1 unspecified atom stereocenters. The quantitative estimate of drug-likeness (QED) is 0.867. The van der Waals surface area contributed by atoms with E-state index in [0.29, 0.717) is 6.04 Å². The molecule has 102 valence electrons. The minimum atomic E-state index is -0.439. The van der Waals surface area contributed by atoms with Crippen LogP contribution in [0.5, 0.6) is 0 Å². The summed E-state index contributed by atoms with van der Waals surface area (Å²) in [6, 6.07) is 10.6. The van der Waals surface area contributed by atoms with E-state index in [1.807, 2.05) is 12.1 Å². The maximum Gasteiger partial charge on any atom is 0.0762 e. The number of thiophene rings is 1. The van der Waals surface area contributed by atoms with Gasteiger partial charge < -0.3 is 10.0 Å². The number of halogens is 1. The Kier molecular flexibility index (Phi) is 4.66. The molecule has 0 aliphatic rings. The summed E-state index contributed by atoms with van der Waals surface area (Å²) in [5.74, 6) is 0. The molecule has 1 aromatic heterocycles. The molecule has 4 heteroatoms. The fraction of sp³-hybridized carbons (Fsp3) is 0.333. The molecule has 1 aromatic carbocycles.